The quantitative estimate of drug-likeness (QED) is 0.172. The Morgan fingerprint density at radius 2 is 0.500 bits per heavy atom. The van der Waals surface area contributed by atoms with Crippen LogP contribution in [-0.2, 0) is 10.8 Å². The lowest BCUT2D eigenvalue weighted by atomic mass is 9.70. The highest BCUT2D eigenvalue weighted by atomic mass is 14.8. The number of pyridine rings is 1. The van der Waals surface area contributed by atoms with Crippen LogP contribution in [0, 0.1) is 0 Å². The summed E-state index contributed by atoms with van der Waals surface area (Å²) in [5.41, 5.74) is 31.9. The van der Waals surface area contributed by atoms with Gasteiger partial charge in [0, 0.05) is 23.5 Å². The van der Waals surface area contributed by atoms with Gasteiger partial charge >= 0.3 is 0 Å². The minimum absolute atomic E-state index is 0.497. The van der Waals surface area contributed by atoms with E-state index in [1.807, 2.05) is 24.5 Å². The van der Waals surface area contributed by atoms with E-state index in [9.17, 15) is 0 Å². The highest BCUT2D eigenvalue weighted by molar-refractivity contribution is 6.02. The van der Waals surface area contributed by atoms with Gasteiger partial charge in [-0.15, -0.1) is 0 Å². The fourth-order valence-electron chi connectivity index (χ4n) is 14.5. The summed E-state index contributed by atoms with van der Waals surface area (Å²) in [6, 6.07) is 96.9. The van der Waals surface area contributed by atoms with Crippen molar-refractivity contribution in [2.45, 2.75) is 10.8 Å². The van der Waals surface area contributed by atoms with Gasteiger partial charge in [-0.25, -0.2) is 9.97 Å². The third kappa shape index (κ3) is 5.74. The van der Waals surface area contributed by atoms with E-state index in [0.717, 1.165) is 66.9 Å². The highest BCUT2D eigenvalue weighted by Gasteiger charge is 2.53. The normalized spacial score (nSPS) is 13.8. The zero-order valence-electron chi connectivity index (χ0n) is 42.3. The van der Waals surface area contributed by atoms with Gasteiger partial charge in [0.05, 0.1) is 33.3 Å². The summed E-state index contributed by atoms with van der Waals surface area (Å²) >= 11 is 0. The molecule has 0 bridgehead atoms. The lowest BCUT2D eigenvalue weighted by Crippen LogP contribution is -2.25. The second kappa shape index (κ2) is 16.2. The molecule has 0 unspecified atom stereocenters. The van der Waals surface area contributed by atoms with E-state index < -0.39 is 10.8 Å². The van der Waals surface area contributed by atoms with E-state index in [1.54, 1.807) is 0 Å². The first-order chi connectivity index (χ1) is 38.7. The Balaban J connectivity index is 0.943. The predicted octanol–water partition coefficient (Wildman–Crippen LogP) is 18.0. The topological polar surface area (TPSA) is 38.7 Å². The molecule has 0 radical (unpaired) electrons. The molecule has 360 valence electrons. The molecule has 2 heterocycles. The van der Waals surface area contributed by atoms with Gasteiger partial charge in [0.25, 0.3) is 0 Å². The molecule has 13 aromatic rings. The van der Waals surface area contributed by atoms with Crippen LogP contribution in [0.5, 0.6) is 0 Å². The average molecular weight is 988 g/mol. The van der Waals surface area contributed by atoms with Crippen molar-refractivity contribution in [2.24, 2.45) is 0 Å². The maximum absolute atomic E-state index is 5.70. The molecular weight excluding hydrogens is 943 g/mol. The Morgan fingerprint density at radius 1 is 0.205 bits per heavy atom. The maximum atomic E-state index is 5.70. The molecule has 3 heteroatoms. The molecule has 0 amide bonds. The standard InChI is InChI=1S/C75H45N3/c1-2-16-48(17-3-1)72-73(49-32-30-46(31-33-49)47-38-40-76-41-39-47)78-71-45-61(51-35-37-59-57-23-9-15-29-67(57)75(69(59)43-51)64-26-12-6-20-54(64)55-21-7-13-27-65(55)75)60(44-70(71)77-72)50-34-36-58-56-22-8-14-28-66(56)74(68(58)42-50)62-24-10-4-18-52(62)53-19-5-11-25-63(53)74/h1-45H. The van der Waals surface area contributed by atoms with Gasteiger partial charge in [0.2, 0.25) is 0 Å². The summed E-state index contributed by atoms with van der Waals surface area (Å²) < 4.78 is 0. The summed E-state index contributed by atoms with van der Waals surface area (Å²) in [7, 11) is 0. The summed E-state index contributed by atoms with van der Waals surface area (Å²) in [5.74, 6) is 0. The van der Waals surface area contributed by atoms with Crippen molar-refractivity contribution < 1.29 is 0 Å². The molecule has 0 atom stereocenters. The van der Waals surface area contributed by atoms with E-state index in [-0.39, 0.29) is 0 Å². The zero-order chi connectivity index (χ0) is 51.1. The first-order valence-electron chi connectivity index (χ1n) is 27.0. The van der Waals surface area contributed by atoms with Crippen LogP contribution in [0.4, 0.5) is 0 Å². The minimum atomic E-state index is -0.499. The Hall–Kier alpha value is -10.1. The smallest absolute Gasteiger partial charge is 0.0973 e. The lowest BCUT2D eigenvalue weighted by Gasteiger charge is -2.31. The van der Waals surface area contributed by atoms with Gasteiger partial charge in [-0.05, 0) is 159 Å². The first-order valence-corrected chi connectivity index (χ1v) is 27.0. The van der Waals surface area contributed by atoms with Gasteiger partial charge in [0.1, 0.15) is 0 Å². The number of hydrogen-bond donors (Lipinski definition) is 0. The van der Waals surface area contributed by atoms with Gasteiger partial charge in [-0.3, -0.25) is 4.98 Å². The van der Waals surface area contributed by atoms with E-state index in [2.05, 4.69) is 254 Å². The van der Waals surface area contributed by atoms with Gasteiger partial charge in [-0.2, -0.15) is 0 Å². The molecular formula is C75H45N3. The van der Waals surface area contributed by atoms with Crippen molar-refractivity contribution >= 4 is 11.0 Å². The molecule has 2 spiro atoms. The van der Waals surface area contributed by atoms with Crippen LogP contribution in [0.25, 0.3) is 111 Å². The average Bonchev–Trinajstić information content (AvgIpc) is 4.39. The number of rotatable bonds is 5. The van der Waals surface area contributed by atoms with E-state index in [0.29, 0.717) is 0 Å². The lowest BCUT2D eigenvalue weighted by molar-refractivity contribution is 0.794. The highest BCUT2D eigenvalue weighted by Crippen LogP contribution is 2.65. The third-order valence-corrected chi connectivity index (χ3v) is 17.6. The molecule has 0 saturated carbocycles. The van der Waals surface area contributed by atoms with Crippen LogP contribution in [-0.4, -0.2) is 15.0 Å². The van der Waals surface area contributed by atoms with Crippen molar-refractivity contribution in [3.05, 3.63) is 318 Å². The Bertz CT molecular complexity index is 4540. The van der Waals surface area contributed by atoms with Gasteiger partial charge in [0.15, 0.2) is 0 Å². The first kappa shape index (κ1) is 43.2. The summed E-state index contributed by atoms with van der Waals surface area (Å²) in [6.45, 7) is 0. The molecule has 78 heavy (non-hydrogen) atoms. The second-order valence-electron chi connectivity index (χ2n) is 21.3. The zero-order valence-corrected chi connectivity index (χ0v) is 42.3. The van der Waals surface area contributed by atoms with Crippen molar-refractivity contribution in [3.8, 4) is 100 Å². The molecule has 0 aliphatic heterocycles. The largest absolute Gasteiger partial charge is 0.265 e. The van der Waals surface area contributed by atoms with Crippen LogP contribution < -0.4 is 0 Å². The van der Waals surface area contributed by atoms with E-state index in [1.165, 1.54) is 89.0 Å². The van der Waals surface area contributed by atoms with E-state index in [4.69, 9.17) is 9.97 Å². The van der Waals surface area contributed by atoms with Crippen LogP contribution in [0.3, 0.4) is 0 Å². The number of fused-ring (bicyclic) bond motifs is 21. The fraction of sp³-hybridized carbons (Fsp3) is 0.0267. The SMILES string of the molecule is c1ccc(-c2nc3cc(-c4ccc5c(c4)C4(c6ccccc6-c6ccccc64)c4ccccc4-5)c(-c4ccc5c(c4)C4(c6ccccc6-c6ccccc64)c4ccccc4-5)cc3nc2-c2ccc(-c3ccncc3)cc2)cc1. The van der Waals surface area contributed by atoms with Crippen molar-refractivity contribution in [3.63, 3.8) is 0 Å². The van der Waals surface area contributed by atoms with Crippen molar-refractivity contribution in [1.29, 1.82) is 0 Å². The number of hydrogen-bond acceptors (Lipinski definition) is 3. The summed E-state index contributed by atoms with van der Waals surface area (Å²) in [4.78, 5) is 15.6. The molecule has 2 aromatic heterocycles. The molecule has 4 aliphatic carbocycles. The van der Waals surface area contributed by atoms with Crippen LogP contribution in [0.2, 0.25) is 0 Å². The number of benzene rings is 11. The van der Waals surface area contributed by atoms with Crippen LogP contribution in [0.15, 0.2) is 273 Å². The summed E-state index contributed by atoms with van der Waals surface area (Å²) in [6.07, 6.45) is 3.68. The van der Waals surface area contributed by atoms with Crippen molar-refractivity contribution in [2.75, 3.05) is 0 Å². The Labute approximate surface area is 452 Å². The second-order valence-corrected chi connectivity index (χ2v) is 21.3. The molecule has 0 N–H and O–H groups in total. The van der Waals surface area contributed by atoms with Crippen LogP contribution in [0.1, 0.15) is 44.5 Å². The monoisotopic (exact) mass is 987 g/mol. The molecule has 0 saturated heterocycles. The fourth-order valence-corrected chi connectivity index (χ4v) is 14.5. The maximum Gasteiger partial charge on any atom is 0.0973 e. The molecule has 4 aliphatic rings. The number of nitrogens with zero attached hydrogens (tertiary/aromatic N) is 3. The molecule has 11 aromatic carbocycles. The summed E-state index contributed by atoms with van der Waals surface area (Å²) in [5, 5.41) is 0. The van der Waals surface area contributed by atoms with Gasteiger partial charge in [-0.1, -0.05) is 224 Å². The molecule has 17 rings (SSSR count). The Morgan fingerprint density at radius 3 is 0.885 bits per heavy atom. The van der Waals surface area contributed by atoms with Gasteiger partial charge < -0.3 is 0 Å². The third-order valence-electron chi connectivity index (χ3n) is 17.6. The van der Waals surface area contributed by atoms with E-state index >= 15 is 0 Å². The van der Waals surface area contributed by atoms with Crippen molar-refractivity contribution in [1.82, 2.24) is 15.0 Å². The number of aromatic nitrogens is 3. The van der Waals surface area contributed by atoms with Crippen LogP contribution >= 0.6 is 0 Å². The molecule has 0 fully saturated rings. The molecule has 3 nitrogen and oxygen atoms in total. The Kier molecular flexibility index (Phi) is 8.97. The minimum Gasteiger partial charge on any atom is -0.265 e. The predicted molar refractivity (Wildman–Crippen MR) is 317 cm³/mol.